The number of rotatable bonds is 10. The van der Waals surface area contributed by atoms with E-state index in [1.54, 1.807) is 0 Å². The number of aryl methyl sites for hydroxylation is 6. The van der Waals surface area contributed by atoms with Crippen LogP contribution < -0.4 is 9.80 Å². The first-order valence-electron chi connectivity index (χ1n) is 22.1. The fourth-order valence-corrected chi connectivity index (χ4v) is 8.66. The molecule has 0 aliphatic rings. The Hall–Kier alpha value is -6.38. The van der Waals surface area contributed by atoms with Crippen molar-refractivity contribution in [1.29, 1.82) is 0 Å². The highest BCUT2D eigenvalue weighted by atomic mass is 15.2. The van der Waals surface area contributed by atoms with Crippen LogP contribution in [-0.2, 0) is 0 Å². The highest BCUT2D eigenvalue weighted by Crippen LogP contribution is 2.43. The molecule has 62 heavy (non-hydrogen) atoms. The first-order chi connectivity index (χ1) is 29.5. The minimum absolute atomic E-state index is 1.17. The van der Waals surface area contributed by atoms with Crippen molar-refractivity contribution in [3.05, 3.63) is 209 Å². The van der Waals surface area contributed by atoms with E-state index in [1.165, 1.54) is 134 Å². The van der Waals surface area contributed by atoms with E-state index in [9.17, 15) is 0 Å². The fraction of sp³-hybridized carbons (Fsp3) is 0.233. The molecule has 0 amide bonds. The average molecular weight is 813 g/mol. The standard InChI is InChI=1S/C60H64N2/c1-37-18-30-57(47(11)43(37)7)61(58-31-19-38(2)44(8)48(58)12)55-28-26-53(41(5)34-55)24-22-51-16-15-17-52(36-51)23-25-54-27-29-56(35-42(54)6)62(59-32-20-39(3)45(9)49(59)13)60-33-21-40(4)46(10)50(60)14/h15-36H,1-14H3/b24-22+,25-23+. The number of anilines is 6. The third kappa shape index (κ3) is 8.57. The zero-order valence-corrected chi connectivity index (χ0v) is 39.6. The molecule has 0 N–H and O–H groups in total. The Labute approximate surface area is 372 Å². The highest BCUT2D eigenvalue weighted by molar-refractivity contribution is 5.85. The number of hydrogen-bond donors (Lipinski definition) is 0. The van der Waals surface area contributed by atoms with E-state index in [1.807, 2.05) is 0 Å². The second-order valence-electron chi connectivity index (χ2n) is 17.7. The highest BCUT2D eigenvalue weighted by Gasteiger charge is 2.21. The van der Waals surface area contributed by atoms with Crippen molar-refractivity contribution in [2.75, 3.05) is 9.80 Å². The van der Waals surface area contributed by atoms with Gasteiger partial charge in [0.2, 0.25) is 0 Å². The van der Waals surface area contributed by atoms with Gasteiger partial charge in [-0.1, -0.05) is 78.9 Å². The molecule has 0 spiro atoms. The maximum atomic E-state index is 2.45. The number of nitrogens with zero attached hydrogens (tertiary/aromatic N) is 2. The molecule has 2 nitrogen and oxygen atoms in total. The lowest BCUT2D eigenvalue weighted by Gasteiger charge is -2.31. The van der Waals surface area contributed by atoms with Crippen LogP contribution in [0.1, 0.15) is 100 Å². The summed E-state index contributed by atoms with van der Waals surface area (Å²) >= 11 is 0. The first-order valence-corrected chi connectivity index (χ1v) is 22.1. The molecule has 0 aliphatic carbocycles. The van der Waals surface area contributed by atoms with Crippen molar-refractivity contribution in [3.63, 3.8) is 0 Å². The zero-order chi connectivity index (χ0) is 44.6. The van der Waals surface area contributed by atoms with E-state index in [2.05, 4.69) is 240 Å². The van der Waals surface area contributed by atoms with Gasteiger partial charge in [0.1, 0.15) is 0 Å². The normalized spacial score (nSPS) is 11.6. The van der Waals surface area contributed by atoms with Crippen molar-refractivity contribution >= 4 is 58.4 Å². The molecule has 2 heteroatoms. The van der Waals surface area contributed by atoms with Gasteiger partial charge in [0.25, 0.3) is 0 Å². The molecule has 0 heterocycles. The van der Waals surface area contributed by atoms with Crippen LogP contribution in [0.25, 0.3) is 24.3 Å². The summed E-state index contributed by atoms with van der Waals surface area (Å²) in [6, 6.07) is 40.6. The van der Waals surface area contributed by atoms with Crippen LogP contribution in [0.4, 0.5) is 34.1 Å². The molecule has 0 aromatic heterocycles. The van der Waals surface area contributed by atoms with Crippen LogP contribution in [0, 0.1) is 96.9 Å². The Bertz CT molecular complexity index is 2590. The zero-order valence-electron chi connectivity index (χ0n) is 39.6. The largest absolute Gasteiger partial charge is 0.310 e. The smallest absolute Gasteiger partial charge is 0.0493 e. The lowest BCUT2D eigenvalue weighted by molar-refractivity contribution is 1.16. The van der Waals surface area contributed by atoms with Crippen LogP contribution >= 0.6 is 0 Å². The van der Waals surface area contributed by atoms with Gasteiger partial charge >= 0.3 is 0 Å². The molecule has 0 unspecified atom stereocenters. The summed E-state index contributed by atoms with van der Waals surface area (Å²) in [6.07, 6.45) is 8.96. The molecule has 0 radical (unpaired) electrons. The lowest BCUT2D eigenvalue weighted by atomic mass is 9.97. The topological polar surface area (TPSA) is 6.48 Å². The summed E-state index contributed by atoms with van der Waals surface area (Å²) in [5.41, 5.74) is 30.3. The minimum Gasteiger partial charge on any atom is -0.310 e. The summed E-state index contributed by atoms with van der Waals surface area (Å²) in [6.45, 7) is 31.2. The maximum absolute atomic E-state index is 2.45. The van der Waals surface area contributed by atoms with Gasteiger partial charge in [0, 0.05) is 34.1 Å². The van der Waals surface area contributed by atoms with Gasteiger partial charge in [0.05, 0.1) is 0 Å². The molecule has 314 valence electrons. The third-order valence-corrected chi connectivity index (χ3v) is 13.9. The van der Waals surface area contributed by atoms with E-state index in [0.29, 0.717) is 0 Å². The van der Waals surface area contributed by atoms with Crippen molar-refractivity contribution in [3.8, 4) is 0 Å². The summed E-state index contributed by atoms with van der Waals surface area (Å²) in [5.74, 6) is 0. The predicted molar refractivity (Wildman–Crippen MR) is 273 cm³/mol. The summed E-state index contributed by atoms with van der Waals surface area (Å²) < 4.78 is 0. The molecule has 0 saturated heterocycles. The molecule has 0 atom stereocenters. The average Bonchev–Trinajstić information content (AvgIpc) is 3.25. The van der Waals surface area contributed by atoms with Gasteiger partial charge in [-0.25, -0.2) is 0 Å². The van der Waals surface area contributed by atoms with Crippen LogP contribution in [0.3, 0.4) is 0 Å². The molecular formula is C60H64N2. The van der Waals surface area contributed by atoms with Gasteiger partial charge in [-0.3, -0.25) is 0 Å². The molecule has 0 aliphatic heterocycles. The van der Waals surface area contributed by atoms with E-state index in [-0.39, 0.29) is 0 Å². The van der Waals surface area contributed by atoms with Crippen LogP contribution in [0.5, 0.6) is 0 Å². The van der Waals surface area contributed by atoms with E-state index in [4.69, 9.17) is 0 Å². The maximum Gasteiger partial charge on any atom is 0.0493 e. The number of benzene rings is 7. The Morgan fingerprint density at radius 1 is 0.274 bits per heavy atom. The Kier molecular flexibility index (Phi) is 12.6. The quantitative estimate of drug-likeness (QED) is 0.127. The minimum atomic E-state index is 1.17. The van der Waals surface area contributed by atoms with Crippen LogP contribution in [-0.4, -0.2) is 0 Å². The molecule has 7 aromatic rings. The van der Waals surface area contributed by atoms with E-state index >= 15 is 0 Å². The van der Waals surface area contributed by atoms with Crippen molar-refractivity contribution in [2.24, 2.45) is 0 Å². The van der Waals surface area contributed by atoms with Gasteiger partial charge in [0.15, 0.2) is 0 Å². The molecular weight excluding hydrogens is 749 g/mol. The second-order valence-corrected chi connectivity index (χ2v) is 17.7. The van der Waals surface area contributed by atoms with Gasteiger partial charge in [-0.05, 0) is 252 Å². The van der Waals surface area contributed by atoms with Crippen LogP contribution in [0.15, 0.2) is 109 Å². The molecule has 0 bridgehead atoms. The molecule has 0 fully saturated rings. The fourth-order valence-electron chi connectivity index (χ4n) is 8.66. The lowest BCUT2D eigenvalue weighted by Crippen LogP contribution is -2.14. The summed E-state index contributed by atoms with van der Waals surface area (Å²) in [5, 5.41) is 0. The van der Waals surface area contributed by atoms with E-state index < -0.39 is 0 Å². The molecule has 7 aromatic carbocycles. The Morgan fingerprint density at radius 3 is 0.871 bits per heavy atom. The summed E-state index contributed by atoms with van der Waals surface area (Å²) in [7, 11) is 0. The van der Waals surface area contributed by atoms with Gasteiger partial charge in [-0.2, -0.15) is 0 Å². The van der Waals surface area contributed by atoms with Gasteiger partial charge < -0.3 is 9.80 Å². The third-order valence-electron chi connectivity index (χ3n) is 13.9. The second kappa shape index (κ2) is 17.9. The monoisotopic (exact) mass is 813 g/mol. The Morgan fingerprint density at radius 2 is 0.581 bits per heavy atom. The molecule has 7 rings (SSSR count). The van der Waals surface area contributed by atoms with Crippen LogP contribution in [0.2, 0.25) is 0 Å². The molecule has 0 saturated carbocycles. The summed E-state index contributed by atoms with van der Waals surface area (Å²) in [4.78, 5) is 4.89. The number of hydrogen-bond acceptors (Lipinski definition) is 2. The van der Waals surface area contributed by atoms with Crippen molar-refractivity contribution in [1.82, 2.24) is 0 Å². The van der Waals surface area contributed by atoms with Crippen molar-refractivity contribution in [2.45, 2.75) is 96.9 Å². The SMILES string of the molecule is Cc1cc(N(c2ccc(C)c(C)c2C)c2ccc(C)c(C)c2C)ccc1/C=C/c1cccc(/C=C/c2ccc(N(c3ccc(C)c(C)c3C)c3ccc(C)c(C)c3C)cc2C)c1. The first kappa shape index (κ1) is 43.7. The Balaban J connectivity index is 1.15. The van der Waals surface area contributed by atoms with E-state index in [0.717, 1.165) is 0 Å². The predicted octanol–water partition coefficient (Wildman–Crippen LogP) is 17.3. The van der Waals surface area contributed by atoms with Crippen molar-refractivity contribution < 1.29 is 0 Å². The van der Waals surface area contributed by atoms with Gasteiger partial charge in [-0.15, -0.1) is 0 Å².